The second-order valence-electron chi connectivity index (χ2n) is 8.17. The summed E-state index contributed by atoms with van der Waals surface area (Å²) in [6, 6.07) is 18.5. The maximum Gasteiger partial charge on any atom is 0.330 e. The van der Waals surface area contributed by atoms with Crippen molar-refractivity contribution in [2.75, 3.05) is 42.3 Å². The summed E-state index contributed by atoms with van der Waals surface area (Å²) >= 11 is 0. The molecule has 1 aromatic heterocycles. The smallest absolute Gasteiger partial charge is 0.330 e. The van der Waals surface area contributed by atoms with Crippen LogP contribution in [0.15, 0.2) is 70.3 Å². The van der Waals surface area contributed by atoms with Crippen molar-refractivity contribution in [1.29, 1.82) is 0 Å². The third kappa shape index (κ3) is 5.74. The maximum atomic E-state index is 13.4. The van der Waals surface area contributed by atoms with Crippen LogP contribution in [0.3, 0.4) is 0 Å². The number of nitrogens with one attached hydrogen (secondary N) is 1. The third-order valence-corrected chi connectivity index (χ3v) is 5.42. The predicted molar refractivity (Wildman–Crippen MR) is 134 cm³/mol. The van der Waals surface area contributed by atoms with Crippen LogP contribution in [0.5, 0.6) is 0 Å². The topological polar surface area (TPSA) is 114 Å². The number of H-pyrrole nitrogens is 1. The molecule has 34 heavy (non-hydrogen) atoms. The fourth-order valence-electron chi connectivity index (χ4n) is 3.84. The molecule has 0 radical (unpaired) electrons. The third-order valence-electron chi connectivity index (χ3n) is 5.42. The molecule has 1 heterocycles. The van der Waals surface area contributed by atoms with Gasteiger partial charge in [0.1, 0.15) is 11.5 Å². The van der Waals surface area contributed by atoms with Gasteiger partial charge in [-0.05, 0) is 31.5 Å². The summed E-state index contributed by atoms with van der Waals surface area (Å²) < 4.78 is 6.51. The first kappa shape index (κ1) is 24.8. The number of hydrogen-bond donors (Lipinski definition) is 2. The summed E-state index contributed by atoms with van der Waals surface area (Å²) in [5.41, 5.74) is 6.78. The van der Waals surface area contributed by atoms with Crippen LogP contribution < -0.4 is 26.8 Å². The van der Waals surface area contributed by atoms with E-state index in [-0.39, 0.29) is 49.7 Å². The van der Waals surface area contributed by atoms with Crippen LogP contribution in [0, 0.1) is 0 Å². The molecule has 0 atom stereocenters. The zero-order valence-corrected chi connectivity index (χ0v) is 19.7. The van der Waals surface area contributed by atoms with Crippen LogP contribution in [0.4, 0.5) is 17.2 Å². The lowest BCUT2D eigenvalue weighted by Gasteiger charge is -2.31. The van der Waals surface area contributed by atoms with Crippen molar-refractivity contribution in [3.8, 4) is 0 Å². The molecule has 0 aliphatic heterocycles. The number of ether oxygens (including phenoxy) is 1. The summed E-state index contributed by atoms with van der Waals surface area (Å²) in [6.07, 6.45) is 0. The molecule has 0 saturated carbocycles. The molecule has 3 aromatic rings. The summed E-state index contributed by atoms with van der Waals surface area (Å²) in [6.45, 7) is 4.41. The van der Waals surface area contributed by atoms with Gasteiger partial charge in [0, 0.05) is 25.4 Å². The first-order valence-corrected chi connectivity index (χ1v) is 11.1. The Labute approximate surface area is 198 Å². The minimum atomic E-state index is -0.647. The van der Waals surface area contributed by atoms with Gasteiger partial charge in [0.25, 0.3) is 5.56 Å². The Hall–Kier alpha value is -3.85. The van der Waals surface area contributed by atoms with Gasteiger partial charge in [0.05, 0.1) is 19.7 Å². The Balaban J connectivity index is 2.00. The van der Waals surface area contributed by atoms with Gasteiger partial charge in [0.15, 0.2) is 0 Å². The molecule has 1 amide bonds. The van der Waals surface area contributed by atoms with Crippen LogP contribution >= 0.6 is 0 Å². The predicted octanol–water partition coefficient (Wildman–Crippen LogP) is 2.06. The molecule has 3 N–H and O–H groups in total. The number of rotatable bonds is 10. The SMILES string of the molecule is COCCN(CC(=O)N(c1ccccc1)C(C)C)c1c(N)n(Cc2ccccc2)c(=O)[nH]c1=O. The molecule has 0 fully saturated rings. The van der Waals surface area contributed by atoms with Crippen molar-refractivity contribution in [2.45, 2.75) is 26.4 Å². The zero-order valence-electron chi connectivity index (χ0n) is 19.7. The van der Waals surface area contributed by atoms with Crippen LogP contribution in [0.25, 0.3) is 0 Å². The normalized spacial score (nSPS) is 10.9. The first-order chi connectivity index (χ1) is 16.3. The monoisotopic (exact) mass is 465 g/mol. The summed E-state index contributed by atoms with van der Waals surface area (Å²) in [4.78, 5) is 44.4. The van der Waals surface area contributed by atoms with E-state index < -0.39 is 11.2 Å². The molecule has 0 bridgehead atoms. The quantitative estimate of drug-likeness (QED) is 0.474. The molecular formula is C25H31N5O4. The number of aromatic amines is 1. The van der Waals surface area contributed by atoms with E-state index in [1.165, 1.54) is 11.7 Å². The lowest BCUT2D eigenvalue weighted by atomic mass is 10.2. The fraction of sp³-hybridized carbons (Fsp3) is 0.320. The van der Waals surface area contributed by atoms with E-state index >= 15 is 0 Å². The highest BCUT2D eigenvalue weighted by Gasteiger charge is 2.25. The number of anilines is 3. The largest absolute Gasteiger partial charge is 0.383 e. The Bertz CT molecular complexity index is 1210. The number of benzene rings is 2. The van der Waals surface area contributed by atoms with Gasteiger partial charge >= 0.3 is 5.69 Å². The van der Waals surface area contributed by atoms with E-state index in [1.807, 2.05) is 74.5 Å². The van der Waals surface area contributed by atoms with Crippen molar-refractivity contribution >= 4 is 23.1 Å². The van der Waals surface area contributed by atoms with Gasteiger partial charge in [-0.2, -0.15) is 0 Å². The number of aromatic nitrogens is 2. The molecule has 2 aromatic carbocycles. The van der Waals surface area contributed by atoms with Crippen molar-refractivity contribution in [3.63, 3.8) is 0 Å². The van der Waals surface area contributed by atoms with Gasteiger partial charge in [-0.3, -0.25) is 19.1 Å². The average Bonchev–Trinajstić information content (AvgIpc) is 2.81. The summed E-state index contributed by atoms with van der Waals surface area (Å²) in [5.74, 6) is -0.214. The lowest BCUT2D eigenvalue weighted by molar-refractivity contribution is -0.117. The minimum absolute atomic E-state index is 0.00249. The Morgan fingerprint density at radius 1 is 1.06 bits per heavy atom. The standard InChI is InChI=1S/C25H31N5O4/c1-18(2)30(20-12-8-5-9-13-20)21(31)17-28(14-15-34-3)22-23(26)29(25(33)27-24(22)32)16-19-10-6-4-7-11-19/h4-13,18H,14-17,26H2,1-3H3,(H,27,32,33). The van der Waals surface area contributed by atoms with Crippen molar-refractivity contribution in [2.24, 2.45) is 0 Å². The van der Waals surface area contributed by atoms with Crippen LogP contribution in [0.2, 0.25) is 0 Å². The van der Waals surface area contributed by atoms with E-state index in [9.17, 15) is 14.4 Å². The lowest BCUT2D eigenvalue weighted by Crippen LogP contribution is -2.47. The zero-order chi connectivity index (χ0) is 24.7. The fourth-order valence-corrected chi connectivity index (χ4v) is 3.84. The van der Waals surface area contributed by atoms with Crippen LogP contribution in [0.1, 0.15) is 19.4 Å². The second kappa shape index (κ2) is 11.3. The van der Waals surface area contributed by atoms with Crippen molar-refractivity contribution in [1.82, 2.24) is 9.55 Å². The average molecular weight is 466 g/mol. The molecule has 9 heteroatoms. The van der Waals surface area contributed by atoms with Gasteiger partial charge < -0.3 is 20.3 Å². The molecule has 0 aliphatic rings. The number of methoxy groups -OCH3 is 1. The van der Waals surface area contributed by atoms with Gasteiger partial charge in [-0.15, -0.1) is 0 Å². The minimum Gasteiger partial charge on any atom is -0.383 e. The van der Waals surface area contributed by atoms with E-state index in [4.69, 9.17) is 10.5 Å². The number of hydrogen-bond acceptors (Lipinski definition) is 6. The van der Waals surface area contributed by atoms with Crippen molar-refractivity contribution in [3.05, 3.63) is 87.1 Å². The molecule has 0 aliphatic carbocycles. The van der Waals surface area contributed by atoms with Crippen LogP contribution in [-0.2, 0) is 16.1 Å². The van der Waals surface area contributed by atoms with E-state index in [1.54, 1.807) is 9.80 Å². The number of amides is 1. The highest BCUT2D eigenvalue weighted by molar-refractivity contribution is 5.97. The number of carbonyl (C=O) groups is 1. The van der Waals surface area contributed by atoms with Crippen LogP contribution in [-0.4, -0.2) is 48.3 Å². The van der Waals surface area contributed by atoms with E-state index in [0.717, 1.165) is 11.3 Å². The molecule has 9 nitrogen and oxygen atoms in total. The number of nitrogens with two attached hydrogens (primary N) is 1. The number of nitrogens with zero attached hydrogens (tertiary/aromatic N) is 3. The first-order valence-electron chi connectivity index (χ1n) is 11.1. The van der Waals surface area contributed by atoms with Gasteiger partial charge in [-0.25, -0.2) is 4.79 Å². The highest BCUT2D eigenvalue weighted by atomic mass is 16.5. The molecule has 0 saturated heterocycles. The van der Waals surface area contributed by atoms with E-state index in [0.29, 0.717) is 0 Å². The van der Waals surface area contributed by atoms with E-state index in [2.05, 4.69) is 4.98 Å². The molecule has 0 spiro atoms. The number of carbonyl (C=O) groups excluding carboxylic acids is 1. The Morgan fingerprint density at radius 2 is 1.68 bits per heavy atom. The van der Waals surface area contributed by atoms with Gasteiger partial charge in [0.2, 0.25) is 5.91 Å². The van der Waals surface area contributed by atoms with Crippen molar-refractivity contribution < 1.29 is 9.53 Å². The van der Waals surface area contributed by atoms with Gasteiger partial charge in [-0.1, -0.05) is 48.5 Å². The Kier molecular flexibility index (Phi) is 8.26. The number of para-hydroxylation sites is 1. The molecule has 3 rings (SSSR count). The highest BCUT2D eigenvalue weighted by Crippen LogP contribution is 2.21. The molecule has 0 unspecified atom stereocenters. The summed E-state index contributed by atoms with van der Waals surface area (Å²) in [7, 11) is 1.54. The molecular weight excluding hydrogens is 434 g/mol. The number of nitrogen functional groups attached to an aromatic ring is 1. The molecule has 180 valence electrons. The summed E-state index contributed by atoms with van der Waals surface area (Å²) in [5, 5.41) is 0. The Morgan fingerprint density at radius 3 is 2.26 bits per heavy atom. The second-order valence-corrected chi connectivity index (χ2v) is 8.17. The maximum absolute atomic E-state index is 13.4.